The molecule has 0 aromatic carbocycles. The zero-order valence-electron chi connectivity index (χ0n) is 25.1. The van der Waals surface area contributed by atoms with Crippen LogP contribution >= 0.6 is 11.3 Å². The zero-order valence-corrected chi connectivity index (χ0v) is 25.9. The van der Waals surface area contributed by atoms with Gasteiger partial charge in [-0.1, -0.05) is 6.07 Å². The summed E-state index contributed by atoms with van der Waals surface area (Å²) in [5.74, 6) is -0.244. The van der Waals surface area contributed by atoms with Crippen LogP contribution < -0.4 is 9.64 Å². The Morgan fingerprint density at radius 3 is 2.33 bits per heavy atom. The number of thiophene rings is 1. The molecule has 226 valence electrons. The van der Waals surface area contributed by atoms with Crippen molar-refractivity contribution in [3.05, 3.63) is 29.6 Å². The molecule has 4 heterocycles. The number of nitrogens with zero attached hydrogens (tertiary/aromatic N) is 5. The third-order valence-electron chi connectivity index (χ3n) is 6.04. The Bertz CT molecular complexity index is 1480. The van der Waals surface area contributed by atoms with Crippen LogP contribution in [0.5, 0.6) is 5.88 Å². The largest absolute Gasteiger partial charge is 0.480 e. The highest BCUT2D eigenvalue weighted by molar-refractivity contribution is 7.17. The summed E-state index contributed by atoms with van der Waals surface area (Å²) in [5, 5.41) is 11.6. The number of pyridine rings is 1. The average molecular weight is 600 g/mol. The molecule has 2 amide bonds. The minimum Gasteiger partial charge on any atom is -0.480 e. The van der Waals surface area contributed by atoms with Gasteiger partial charge < -0.3 is 19.3 Å². The number of carbonyl (C=O) groups excluding carboxylic acids is 2. The fourth-order valence-corrected chi connectivity index (χ4v) is 5.15. The van der Waals surface area contributed by atoms with E-state index in [1.54, 1.807) is 59.7 Å². The molecule has 3 aromatic heterocycles. The summed E-state index contributed by atoms with van der Waals surface area (Å²) in [6.07, 6.45) is -1.82. The molecule has 1 N–H and O–H groups in total. The van der Waals surface area contributed by atoms with Crippen LogP contribution in [0, 0.1) is 0 Å². The first-order chi connectivity index (χ1) is 19.5. The number of ether oxygens (including phenoxy) is 3. The van der Waals surface area contributed by atoms with E-state index >= 15 is 0 Å². The lowest BCUT2D eigenvalue weighted by Gasteiger charge is -2.29. The minimum atomic E-state index is -1.14. The molecule has 12 nitrogen and oxygen atoms in total. The lowest BCUT2D eigenvalue weighted by atomic mass is 10.2. The van der Waals surface area contributed by atoms with Crippen molar-refractivity contribution in [1.29, 1.82) is 0 Å². The molecule has 4 rings (SSSR count). The summed E-state index contributed by atoms with van der Waals surface area (Å²) >= 11 is 1.38. The lowest BCUT2D eigenvalue weighted by molar-refractivity contribution is -0.142. The van der Waals surface area contributed by atoms with E-state index in [2.05, 4.69) is 15.0 Å². The van der Waals surface area contributed by atoms with Crippen molar-refractivity contribution in [2.45, 2.75) is 91.2 Å². The molecule has 0 saturated carbocycles. The summed E-state index contributed by atoms with van der Waals surface area (Å²) in [6, 6.07) is 5.69. The van der Waals surface area contributed by atoms with E-state index in [0.29, 0.717) is 21.7 Å². The van der Waals surface area contributed by atoms with Crippen molar-refractivity contribution in [2.24, 2.45) is 0 Å². The van der Waals surface area contributed by atoms with Crippen LogP contribution in [0.3, 0.4) is 0 Å². The molecule has 0 unspecified atom stereocenters. The van der Waals surface area contributed by atoms with E-state index in [0.717, 1.165) is 0 Å². The number of aromatic nitrogens is 3. The summed E-state index contributed by atoms with van der Waals surface area (Å²) in [5.41, 5.74) is -0.429. The van der Waals surface area contributed by atoms with Gasteiger partial charge in [-0.3, -0.25) is 9.80 Å². The SMILES string of the molecule is CC(C)N(C(=O)OC(C)(C)C)c1cccc(-c2nc(O[C@@H]3C[C@@H](C(=O)O)N(C(=O)OC(C)(C)C)C3)c3sccc3n2)n1. The van der Waals surface area contributed by atoms with Crippen molar-refractivity contribution in [3.63, 3.8) is 0 Å². The van der Waals surface area contributed by atoms with Gasteiger partial charge in [-0.15, -0.1) is 11.3 Å². The fraction of sp³-hybridized carbons (Fsp3) is 0.517. The molecule has 0 aliphatic carbocycles. The van der Waals surface area contributed by atoms with E-state index in [1.165, 1.54) is 21.1 Å². The second kappa shape index (κ2) is 11.7. The molecule has 42 heavy (non-hydrogen) atoms. The minimum absolute atomic E-state index is 0.0189. The monoisotopic (exact) mass is 599 g/mol. The van der Waals surface area contributed by atoms with Crippen molar-refractivity contribution in [2.75, 3.05) is 11.4 Å². The molecular weight excluding hydrogens is 562 g/mol. The van der Waals surface area contributed by atoms with Crippen LogP contribution in [0.2, 0.25) is 0 Å². The van der Waals surface area contributed by atoms with E-state index in [9.17, 15) is 19.5 Å². The van der Waals surface area contributed by atoms with Crippen molar-refractivity contribution in [1.82, 2.24) is 19.9 Å². The lowest BCUT2D eigenvalue weighted by Crippen LogP contribution is -2.43. The van der Waals surface area contributed by atoms with E-state index < -0.39 is 41.5 Å². The first-order valence-corrected chi connectivity index (χ1v) is 14.5. The van der Waals surface area contributed by atoms with Gasteiger partial charge in [0.1, 0.15) is 39.6 Å². The second-order valence-corrected chi connectivity index (χ2v) is 13.2. The molecule has 3 aromatic rings. The molecule has 0 bridgehead atoms. The second-order valence-electron chi connectivity index (χ2n) is 12.3. The summed E-state index contributed by atoms with van der Waals surface area (Å²) < 4.78 is 17.9. The first kappa shape index (κ1) is 30.9. The van der Waals surface area contributed by atoms with Gasteiger partial charge in [0, 0.05) is 12.5 Å². The summed E-state index contributed by atoms with van der Waals surface area (Å²) in [4.78, 5) is 54.4. The Balaban J connectivity index is 1.65. The molecule has 0 spiro atoms. The Labute approximate surface area is 248 Å². The zero-order chi connectivity index (χ0) is 31.0. The molecule has 0 radical (unpaired) electrons. The van der Waals surface area contributed by atoms with E-state index in [-0.39, 0.29) is 30.7 Å². The number of carboxylic acids is 1. The number of rotatable bonds is 6. The number of aliphatic carboxylic acids is 1. The smallest absolute Gasteiger partial charge is 0.416 e. The maximum atomic E-state index is 13.0. The number of likely N-dealkylation sites (tertiary alicyclic amines) is 1. The number of hydrogen-bond donors (Lipinski definition) is 1. The Hall–Kier alpha value is -4.00. The normalized spacial score (nSPS) is 17.4. The average Bonchev–Trinajstić information content (AvgIpc) is 3.49. The van der Waals surface area contributed by atoms with Crippen molar-refractivity contribution >= 4 is 45.5 Å². The van der Waals surface area contributed by atoms with Gasteiger partial charge in [-0.25, -0.2) is 24.4 Å². The van der Waals surface area contributed by atoms with Crippen LogP contribution in [0.4, 0.5) is 15.4 Å². The highest BCUT2D eigenvalue weighted by Crippen LogP contribution is 2.34. The number of carbonyl (C=O) groups is 3. The summed E-state index contributed by atoms with van der Waals surface area (Å²) in [7, 11) is 0. The van der Waals surface area contributed by atoms with Gasteiger partial charge in [0.15, 0.2) is 5.82 Å². The van der Waals surface area contributed by atoms with Crippen molar-refractivity contribution < 1.29 is 33.7 Å². The number of anilines is 1. The quantitative estimate of drug-likeness (QED) is 0.372. The molecule has 1 aliphatic heterocycles. The fourth-order valence-electron chi connectivity index (χ4n) is 4.39. The number of amides is 2. The van der Waals surface area contributed by atoms with Gasteiger partial charge in [-0.05, 0) is 79.0 Å². The van der Waals surface area contributed by atoms with Gasteiger partial charge in [0.25, 0.3) is 0 Å². The van der Waals surface area contributed by atoms with Crippen LogP contribution in [0.15, 0.2) is 29.6 Å². The third-order valence-corrected chi connectivity index (χ3v) is 6.94. The van der Waals surface area contributed by atoms with E-state index in [1.807, 2.05) is 25.3 Å². The topological polar surface area (TPSA) is 144 Å². The maximum Gasteiger partial charge on any atom is 0.416 e. The van der Waals surface area contributed by atoms with Gasteiger partial charge >= 0.3 is 18.2 Å². The Morgan fingerprint density at radius 2 is 1.71 bits per heavy atom. The molecule has 1 fully saturated rings. The van der Waals surface area contributed by atoms with Gasteiger partial charge in [0.05, 0.1) is 12.1 Å². The highest BCUT2D eigenvalue weighted by Gasteiger charge is 2.43. The standard InChI is InChI=1S/C29H37N5O7S/c1-16(2)34(27(38)41-29(6,7)8)21-11-9-10-19(30-21)23-31-18-12-13-42-22(18)24(32-23)39-17-14-20(25(35)36)33(15-17)26(37)40-28(3,4)5/h9-13,16-17,20H,14-15H2,1-8H3,(H,35,36)/t17-,20+/m1/s1. The van der Waals surface area contributed by atoms with Crippen LogP contribution in [-0.4, -0.2) is 79.0 Å². The maximum absolute atomic E-state index is 13.0. The number of fused-ring (bicyclic) bond motifs is 1. The van der Waals surface area contributed by atoms with Crippen LogP contribution in [0.25, 0.3) is 21.7 Å². The molecule has 1 saturated heterocycles. The Kier molecular flexibility index (Phi) is 8.63. The van der Waals surface area contributed by atoms with Crippen LogP contribution in [0.1, 0.15) is 61.8 Å². The van der Waals surface area contributed by atoms with Gasteiger partial charge in [-0.2, -0.15) is 4.98 Å². The predicted molar refractivity (Wildman–Crippen MR) is 158 cm³/mol. The van der Waals surface area contributed by atoms with Gasteiger partial charge in [0.2, 0.25) is 5.88 Å². The number of carboxylic acid groups (broad SMARTS) is 1. The summed E-state index contributed by atoms with van der Waals surface area (Å²) in [6.45, 7) is 14.3. The highest BCUT2D eigenvalue weighted by atomic mass is 32.1. The van der Waals surface area contributed by atoms with E-state index in [4.69, 9.17) is 14.2 Å². The molecule has 13 heteroatoms. The molecular formula is C29H37N5O7S. The molecule has 1 aliphatic rings. The van der Waals surface area contributed by atoms with Crippen molar-refractivity contribution in [3.8, 4) is 17.4 Å². The Morgan fingerprint density at radius 1 is 1.02 bits per heavy atom. The molecule has 2 atom stereocenters. The van der Waals surface area contributed by atoms with Crippen LogP contribution in [-0.2, 0) is 14.3 Å². The predicted octanol–water partition coefficient (Wildman–Crippen LogP) is 5.74. The first-order valence-electron chi connectivity index (χ1n) is 13.7. The third kappa shape index (κ3) is 7.25. The number of hydrogen-bond acceptors (Lipinski definition) is 10.